The number of nitrogens with zero attached hydrogens (tertiary/aromatic N) is 1. The molecule has 0 saturated heterocycles. The zero-order valence-corrected chi connectivity index (χ0v) is 17.2. The molecule has 1 fully saturated rings. The molecule has 0 amide bonds. The Morgan fingerprint density at radius 1 is 1.35 bits per heavy atom. The van der Waals surface area contributed by atoms with E-state index < -0.39 is 6.10 Å². The van der Waals surface area contributed by atoms with E-state index in [2.05, 4.69) is 29.9 Å². The first-order valence-electron chi connectivity index (χ1n) is 8.89. The second-order valence-corrected chi connectivity index (χ2v) is 9.27. The lowest BCUT2D eigenvalue weighted by molar-refractivity contribution is -0.151. The molecule has 26 heavy (non-hydrogen) atoms. The SMILES string of the molecule is CC(C)=C[C@@H]1[C@H](C(=O)O[C@H](C)c2nc3sc(C)c(C)c3c(=O)[nH]2)C1(C)C. The highest BCUT2D eigenvalue weighted by molar-refractivity contribution is 7.18. The number of aromatic nitrogens is 2. The summed E-state index contributed by atoms with van der Waals surface area (Å²) in [6.07, 6.45) is 1.55. The van der Waals surface area contributed by atoms with Crippen LogP contribution in [-0.2, 0) is 9.53 Å². The number of fused-ring (bicyclic) bond motifs is 1. The van der Waals surface area contributed by atoms with Crippen molar-refractivity contribution in [1.82, 2.24) is 9.97 Å². The maximum absolute atomic E-state index is 12.6. The van der Waals surface area contributed by atoms with E-state index in [9.17, 15) is 9.59 Å². The number of rotatable bonds is 4. The number of carbonyl (C=O) groups is 1. The molecule has 0 spiro atoms. The molecule has 1 saturated carbocycles. The van der Waals surface area contributed by atoms with Gasteiger partial charge in [-0.25, -0.2) is 4.98 Å². The van der Waals surface area contributed by atoms with Crippen molar-refractivity contribution in [2.75, 3.05) is 0 Å². The molecule has 0 aliphatic heterocycles. The summed E-state index contributed by atoms with van der Waals surface area (Å²) in [5, 5.41) is 0.627. The summed E-state index contributed by atoms with van der Waals surface area (Å²) < 4.78 is 5.65. The van der Waals surface area contributed by atoms with Gasteiger partial charge >= 0.3 is 5.97 Å². The molecule has 1 aliphatic carbocycles. The molecular formula is C20H26N2O3S. The van der Waals surface area contributed by atoms with E-state index in [0.717, 1.165) is 10.4 Å². The molecule has 1 N–H and O–H groups in total. The summed E-state index contributed by atoms with van der Waals surface area (Å²) in [4.78, 5) is 34.1. The third-order valence-corrected chi connectivity index (χ3v) is 6.51. The Kier molecular flexibility index (Phi) is 4.59. The minimum Gasteiger partial charge on any atom is -0.454 e. The molecule has 0 unspecified atom stereocenters. The maximum Gasteiger partial charge on any atom is 0.310 e. The number of aromatic amines is 1. The van der Waals surface area contributed by atoms with Gasteiger partial charge in [0.15, 0.2) is 11.9 Å². The van der Waals surface area contributed by atoms with Gasteiger partial charge in [0.2, 0.25) is 0 Å². The Morgan fingerprint density at radius 2 is 2.00 bits per heavy atom. The molecule has 0 radical (unpaired) electrons. The summed E-state index contributed by atoms with van der Waals surface area (Å²) in [6, 6.07) is 0. The van der Waals surface area contributed by atoms with Crippen LogP contribution in [0.4, 0.5) is 0 Å². The zero-order chi connectivity index (χ0) is 19.4. The maximum atomic E-state index is 12.6. The molecule has 0 bridgehead atoms. The van der Waals surface area contributed by atoms with Crippen LogP contribution < -0.4 is 5.56 Å². The van der Waals surface area contributed by atoms with Crippen LogP contribution in [0.5, 0.6) is 0 Å². The van der Waals surface area contributed by atoms with Crippen molar-refractivity contribution in [3.63, 3.8) is 0 Å². The highest BCUT2D eigenvalue weighted by atomic mass is 32.1. The Labute approximate surface area is 157 Å². The third-order valence-electron chi connectivity index (χ3n) is 5.41. The minimum atomic E-state index is -0.592. The van der Waals surface area contributed by atoms with Gasteiger partial charge in [-0.3, -0.25) is 9.59 Å². The minimum absolute atomic E-state index is 0.0964. The van der Waals surface area contributed by atoms with Crippen molar-refractivity contribution in [3.05, 3.63) is 38.3 Å². The van der Waals surface area contributed by atoms with Gasteiger partial charge in [0.1, 0.15) is 4.83 Å². The summed E-state index contributed by atoms with van der Waals surface area (Å²) >= 11 is 1.49. The van der Waals surface area contributed by atoms with E-state index in [1.54, 1.807) is 6.92 Å². The number of thiophene rings is 1. The van der Waals surface area contributed by atoms with Crippen molar-refractivity contribution in [1.29, 1.82) is 0 Å². The molecule has 1 aliphatic rings. The Balaban J connectivity index is 1.82. The molecule has 140 valence electrons. The highest BCUT2D eigenvalue weighted by Crippen LogP contribution is 2.60. The van der Waals surface area contributed by atoms with E-state index >= 15 is 0 Å². The van der Waals surface area contributed by atoms with Gasteiger partial charge < -0.3 is 9.72 Å². The van der Waals surface area contributed by atoms with Crippen LogP contribution in [0.25, 0.3) is 10.2 Å². The van der Waals surface area contributed by atoms with Gasteiger partial charge in [0.05, 0.1) is 11.3 Å². The van der Waals surface area contributed by atoms with Crippen molar-refractivity contribution in [2.24, 2.45) is 17.3 Å². The molecular weight excluding hydrogens is 348 g/mol. The first-order valence-corrected chi connectivity index (χ1v) is 9.71. The predicted octanol–water partition coefficient (Wildman–Crippen LogP) is 4.44. The molecule has 2 aromatic rings. The fourth-order valence-electron chi connectivity index (χ4n) is 3.57. The fraction of sp³-hybridized carbons (Fsp3) is 0.550. The highest BCUT2D eigenvalue weighted by Gasteiger charge is 2.61. The second-order valence-electron chi connectivity index (χ2n) is 8.06. The number of allylic oxidation sites excluding steroid dienone is 2. The number of nitrogens with one attached hydrogen (secondary N) is 1. The largest absolute Gasteiger partial charge is 0.454 e. The first kappa shape index (κ1) is 18.8. The second kappa shape index (κ2) is 6.34. The third kappa shape index (κ3) is 3.11. The number of aryl methyl sites for hydroxylation is 2. The van der Waals surface area contributed by atoms with Crippen LogP contribution in [0.2, 0.25) is 0 Å². The normalized spacial score (nSPS) is 22.1. The van der Waals surface area contributed by atoms with Gasteiger partial charge in [0, 0.05) is 4.88 Å². The van der Waals surface area contributed by atoms with E-state index in [1.807, 2.05) is 27.7 Å². The average Bonchev–Trinajstić information content (AvgIpc) is 2.91. The standard InChI is InChI=1S/C20H26N2O3S/c1-9(2)8-13-15(20(13,6)7)19(24)25-11(4)16-21-17(23)14-10(3)12(5)26-18(14)22-16/h8,11,13,15H,1-7H3,(H,21,22,23)/t11-,13-,15-/m1/s1. The summed E-state index contributed by atoms with van der Waals surface area (Å²) in [7, 11) is 0. The first-order chi connectivity index (χ1) is 12.0. The zero-order valence-electron chi connectivity index (χ0n) is 16.4. The number of ether oxygens (including phenoxy) is 1. The summed E-state index contributed by atoms with van der Waals surface area (Å²) in [5.74, 6) is 0.214. The molecule has 2 aromatic heterocycles. The molecule has 6 heteroatoms. The quantitative estimate of drug-likeness (QED) is 0.634. The van der Waals surface area contributed by atoms with Crippen LogP contribution in [0, 0.1) is 31.1 Å². The monoisotopic (exact) mass is 374 g/mol. The van der Waals surface area contributed by atoms with Crippen LogP contribution in [0.15, 0.2) is 16.4 Å². The van der Waals surface area contributed by atoms with Gasteiger partial charge in [-0.15, -0.1) is 11.3 Å². The fourth-order valence-corrected chi connectivity index (χ4v) is 4.60. The topological polar surface area (TPSA) is 72.0 Å². The molecule has 3 atom stereocenters. The van der Waals surface area contributed by atoms with E-state index in [-0.39, 0.29) is 28.8 Å². The van der Waals surface area contributed by atoms with Gasteiger partial charge in [-0.2, -0.15) is 0 Å². The lowest BCUT2D eigenvalue weighted by Crippen LogP contribution is -2.19. The van der Waals surface area contributed by atoms with Crippen molar-refractivity contribution < 1.29 is 9.53 Å². The van der Waals surface area contributed by atoms with E-state index in [4.69, 9.17) is 4.74 Å². The lowest BCUT2D eigenvalue weighted by atomic mass is 10.1. The van der Waals surface area contributed by atoms with Gasteiger partial charge in [-0.1, -0.05) is 25.5 Å². The molecule has 5 nitrogen and oxygen atoms in total. The van der Waals surface area contributed by atoms with Crippen molar-refractivity contribution in [3.8, 4) is 0 Å². The number of esters is 1. The van der Waals surface area contributed by atoms with Crippen molar-refractivity contribution >= 4 is 27.5 Å². The lowest BCUT2D eigenvalue weighted by Gasteiger charge is -2.13. The van der Waals surface area contributed by atoms with Gasteiger partial charge in [-0.05, 0) is 51.5 Å². The summed E-state index contributed by atoms with van der Waals surface area (Å²) in [6.45, 7) is 13.9. The van der Waals surface area contributed by atoms with Crippen LogP contribution in [-0.4, -0.2) is 15.9 Å². The number of hydrogen-bond donors (Lipinski definition) is 1. The van der Waals surface area contributed by atoms with Gasteiger partial charge in [0.25, 0.3) is 5.56 Å². The van der Waals surface area contributed by atoms with Crippen LogP contribution in [0.1, 0.15) is 57.0 Å². The summed E-state index contributed by atoms with van der Waals surface area (Å²) in [5.41, 5.74) is 1.88. The van der Waals surface area contributed by atoms with Crippen LogP contribution >= 0.6 is 11.3 Å². The Bertz CT molecular complexity index is 963. The molecule has 0 aromatic carbocycles. The molecule has 2 heterocycles. The smallest absolute Gasteiger partial charge is 0.310 e. The number of H-pyrrole nitrogens is 1. The Hall–Kier alpha value is -1.95. The van der Waals surface area contributed by atoms with E-state index in [0.29, 0.717) is 16.0 Å². The average molecular weight is 375 g/mol. The van der Waals surface area contributed by atoms with E-state index in [1.165, 1.54) is 16.9 Å². The Morgan fingerprint density at radius 3 is 2.62 bits per heavy atom. The number of carbonyl (C=O) groups excluding carboxylic acids is 1. The number of hydrogen-bond acceptors (Lipinski definition) is 5. The molecule has 3 rings (SSSR count). The van der Waals surface area contributed by atoms with Crippen LogP contribution in [0.3, 0.4) is 0 Å². The predicted molar refractivity (Wildman–Crippen MR) is 104 cm³/mol. The van der Waals surface area contributed by atoms with Crippen molar-refractivity contribution in [2.45, 2.75) is 54.6 Å².